The molecule has 0 radical (unpaired) electrons. The van der Waals surface area contributed by atoms with E-state index in [1.807, 2.05) is 5.32 Å². The normalized spacial score (nSPS) is 16.9. The standard InChI is InChI=1S/C27H24F6N3O4P/c1-3-40-41(2,39)22-7-5-4-6-16(22)17-9-11-21(24(30)23(17)29)36-13-12-20(25(36)37)35-26(38)34-19-10-8-15(14-18(19)28)27(31,32)33/h4-11,14,20H,3,12-13H2,1-2H3,(H2,34,35,38). The fraction of sp³-hybridized carbons (Fsp3) is 0.259. The van der Waals surface area contributed by atoms with Gasteiger partial charge in [-0.05, 0) is 55.3 Å². The van der Waals surface area contributed by atoms with Crippen LogP contribution in [0.2, 0.25) is 0 Å². The Balaban J connectivity index is 1.51. The van der Waals surface area contributed by atoms with Crippen molar-refractivity contribution >= 4 is 36.0 Å². The number of hydrogen-bond donors (Lipinski definition) is 2. The van der Waals surface area contributed by atoms with Crippen molar-refractivity contribution in [2.75, 3.05) is 30.0 Å². The average Bonchev–Trinajstić information content (AvgIpc) is 3.25. The smallest absolute Gasteiger partial charge is 0.326 e. The molecule has 1 heterocycles. The molecule has 0 aliphatic carbocycles. The maximum Gasteiger partial charge on any atom is 0.416 e. The molecule has 41 heavy (non-hydrogen) atoms. The molecular formula is C27H24F6N3O4P. The number of hydrogen-bond acceptors (Lipinski definition) is 4. The Labute approximate surface area is 230 Å². The first kappa shape index (κ1) is 30.1. The van der Waals surface area contributed by atoms with Crippen LogP contribution in [0.5, 0.6) is 0 Å². The van der Waals surface area contributed by atoms with E-state index >= 15 is 8.78 Å². The molecule has 1 aliphatic heterocycles. The number of alkyl halides is 3. The monoisotopic (exact) mass is 599 g/mol. The number of nitrogens with zero attached hydrogens (tertiary/aromatic N) is 1. The highest BCUT2D eigenvalue weighted by Gasteiger charge is 2.36. The third kappa shape index (κ3) is 6.25. The molecule has 7 nitrogen and oxygen atoms in total. The molecule has 4 rings (SSSR count). The van der Waals surface area contributed by atoms with E-state index in [-0.39, 0.29) is 42.1 Å². The lowest BCUT2D eigenvalue weighted by molar-refractivity contribution is -0.137. The second kappa shape index (κ2) is 11.6. The second-order valence-electron chi connectivity index (χ2n) is 9.16. The Hall–Kier alpha value is -3.83. The molecule has 14 heteroatoms. The molecule has 0 spiro atoms. The van der Waals surface area contributed by atoms with E-state index in [9.17, 15) is 31.7 Å². The van der Waals surface area contributed by atoms with E-state index in [1.165, 1.54) is 30.9 Å². The van der Waals surface area contributed by atoms with Gasteiger partial charge in [0.2, 0.25) is 13.3 Å². The summed E-state index contributed by atoms with van der Waals surface area (Å²) in [7, 11) is -3.36. The molecule has 0 saturated carbocycles. The van der Waals surface area contributed by atoms with Crippen molar-refractivity contribution in [3.8, 4) is 11.1 Å². The van der Waals surface area contributed by atoms with Gasteiger partial charge in [-0.15, -0.1) is 0 Å². The Morgan fingerprint density at radius 3 is 2.41 bits per heavy atom. The predicted molar refractivity (Wildman–Crippen MR) is 141 cm³/mol. The lowest BCUT2D eigenvalue weighted by Gasteiger charge is -2.21. The van der Waals surface area contributed by atoms with Crippen LogP contribution < -0.4 is 20.8 Å². The van der Waals surface area contributed by atoms with E-state index in [1.54, 1.807) is 19.1 Å². The Morgan fingerprint density at radius 2 is 1.76 bits per heavy atom. The van der Waals surface area contributed by atoms with Crippen LogP contribution in [0.25, 0.3) is 11.1 Å². The number of nitrogens with one attached hydrogen (secondary N) is 2. The van der Waals surface area contributed by atoms with Crippen LogP contribution in [-0.4, -0.2) is 37.8 Å². The number of urea groups is 1. The lowest BCUT2D eigenvalue weighted by Crippen LogP contribution is -2.43. The van der Waals surface area contributed by atoms with Gasteiger partial charge in [0.05, 0.1) is 23.5 Å². The molecule has 3 aromatic rings. The Morgan fingerprint density at radius 1 is 1.05 bits per heavy atom. The number of rotatable bonds is 7. The summed E-state index contributed by atoms with van der Waals surface area (Å²) in [5.41, 5.74) is -2.22. The van der Waals surface area contributed by atoms with Crippen molar-refractivity contribution in [1.82, 2.24) is 5.32 Å². The van der Waals surface area contributed by atoms with E-state index in [0.717, 1.165) is 11.0 Å². The topological polar surface area (TPSA) is 87.7 Å². The maximum absolute atomic E-state index is 15.3. The molecule has 1 saturated heterocycles. The van der Waals surface area contributed by atoms with Crippen LogP contribution in [0.3, 0.4) is 0 Å². The first-order chi connectivity index (χ1) is 19.2. The van der Waals surface area contributed by atoms with Crippen LogP contribution in [0.4, 0.5) is 42.5 Å². The summed E-state index contributed by atoms with van der Waals surface area (Å²) in [4.78, 5) is 26.2. The minimum Gasteiger partial charge on any atom is -0.326 e. The summed E-state index contributed by atoms with van der Waals surface area (Å²) in [5, 5.41) is 4.50. The van der Waals surface area contributed by atoms with Gasteiger partial charge in [-0.2, -0.15) is 13.2 Å². The summed E-state index contributed by atoms with van der Waals surface area (Å²) in [6, 6.07) is 7.80. The molecule has 3 amide bonds. The summed E-state index contributed by atoms with van der Waals surface area (Å²) in [5.74, 6) is -4.75. The molecular weight excluding hydrogens is 575 g/mol. The van der Waals surface area contributed by atoms with Crippen molar-refractivity contribution in [3.05, 3.63) is 77.6 Å². The van der Waals surface area contributed by atoms with Gasteiger partial charge >= 0.3 is 12.2 Å². The van der Waals surface area contributed by atoms with Gasteiger partial charge in [-0.25, -0.2) is 18.0 Å². The van der Waals surface area contributed by atoms with Crippen LogP contribution in [0, 0.1) is 17.5 Å². The van der Waals surface area contributed by atoms with E-state index in [0.29, 0.717) is 6.07 Å². The summed E-state index contributed by atoms with van der Waals surface area (Å²) < 4.78 is 101. The minimum atomic E-state index is -4.78. The first-order valence-electron chi connectivity index (χ1n) is 12.3. The van der Waals surface area contributed by atoms with Gasteiger partial charge in [0, 0.05) is 24.1 Å². The van der Waals surface area contributed by atoms with Crippen molar-refractivity contribution in [1.29, 1.82) is 0 Å². The van der Waals surface area contributed by atoms with Gasteiger partial charge in [0.25, 0.3) is 0 Å². The second-order valence-corrected chi connectivity index (χ2v) is 11.6. The molecule has 1 fully saturated rings. The summed E-state index contributed by atoms with van der Waals surface area (Å²) >= 11 is 0. The predicted octanol–water partition coefficient (Wildman–Crippen LogP) is 6.29. The number of amides is 3. The molecule has 0 aromatic heterocycles. The quantitative estimate of drug-likeness (QED) is 0.247. The molecule has 0 bridgehead atoms. The van der Waals surface area contributed by atoms with Gasteiger partial charge in [0.1, 0.15) is 11.9 Å². The van der Waals surface area contributed by atoms with Gasteiger partial charge in [0.15, 0.2) is 11.6 Å². The van der Waals surface area contributed by atoms with E-state index in [4.69, 9.17) is 4.52 Å². The highest BCUT2D eigenvalue weighted by atomic mass is 31.2. The van der Waals surface area contributed by atoms with Crippen molar-refractivity contribution in [2.24, 2.45) is 0 Å². The average molecular weight is 599 g/mol. The molecule has 2 unspecified atom stereocenters. The molecule has 2 N–H and O–H groups in total. The molecule has 3 aromatic carbocycles. The molecule has 2 atom stereocenters. The minimum absolute atomic E-state index is 0.0131. The number of benzene rings is 3. The van der Waals surface area contributed by atoms with Crippen LogP contribution in [-0.2, 0) is 20.1 Å². The van der Waals surface area contributed by atoms with Crippen LogP contribution >= 0.6 is 7.37 Å². The SMILES string of the molecule is CCOP(C)(=O)c1ccccc1-c1ccc(N2CCC(NC(=O)Nc3ccc(C(F)(F)F)cc3F)C2=O)c(F)c1F. The van der Waals surface area contributed by atoms with Gasteiger partial charge < -0.3 is 20.1 Å². The van der Waals surface area contributed by atoms with Crippen molar-refractivity contribution in [2.45, 2.75) is 25.6 Å². The van der Waals surface area contributed by atoms with Crippen LogP contribution in [0.15, 0.2) is 54.6 Å². The third-order valence-electron chi connectivity index (χ3n) is 6.42. The van der Waals surface area contributed by atoms with E-state index in [2.05, 4.69) is 5.32 Å². The highest BCUT2D eigenvalue weighted by Crippen LogP contribution is 2.45. The van der Waals surface area contributed by atoms with E-state index < -0.39 is 65.9 Å². The fourth-order valence-electron chi connectivity index (χ4n) is 4.49. The van der Waals surface area contributed by atoms with Gasteiger partial charge in [-0.3, -0.25) is 9.36 Å². The summed E-state index contributed by atoms with van der Waals surface area (Å²) in [6.07, 6.45) is -4.79. The summed E-state index contributed by atoms with van der Waals surface area (Å²) in [6.45, 7) is 3.07. The van der Waals surface area contributed by atoms with Gasteiger partial charge in [-0.1, -0.05) is 18.2 Å². The van der Waals surface area contributed by atoms with Crippen molar-refractivity contribution in [3.63, 3.8) is 0 Å². The third-order valence-corrected chi connectivity index (χ3v) is 8.43. The maximum atomic E-state index is 15.3. The Kier molecular flexibility index (Phi) is 8.51. The largest absolute Gasteiger partial charge is 0.416 e. The zero-order chi connectivity index (χ0) is 30.1. The number of anilines is 2. The molecule has 218 valence electrons. The molecule has 1 aliphatic rings. The fourth-order valence-corrected chi connectivity index (χ4v) is 6.11. The number of carbonyl (C=O) groups excluding carboxylic acids is 2. The highest BCUT2D eigenvalue weighted by molar-refractivity contribution is 7.66. The van der Waals surface area contributed by atoms with Crippen LogP contribution in [0.1, 0.15) is 18.9 Å². The zero-order valence-corrected chi connectivity index (χ0v) is 22.6. The first-order valence-corrected chi connectivity index (χ1v) is 14.4. The van der Waals surface area contributed by atoms with Crippen molar-refractivity contribution < 1.29 is 45.0 Å². The number of carbonyl (C=O) groups is 2. The number of halogens is 6. The Bertz CT molecular complexity index is 1550. The lowest BCUT2D eigenvalue weighted by atomic mass is 10.0. The zero-order valence-electron chi connectivity index (χ0n) is 21.7.